The first-order valence-corrected chi connectivity index (χ1v) is 8.39. The number of aromatic nitrogens is 3. The van der Waals surface area contributed by atoms with Gasteiger partial charge in [0.2, 0.25) is 0 Å². The summed E-state index contributed by atoms with van der Waals surface area (Å²) in [4.78, 5) is 8.97. The van der Waals surface area contributed by atoms with Crippen molar-refractivity contribution >= 4 is 21.9 Å². The lowest BCUT2D eigenvalue weighted by Gasteiger charge is -2.09. The number of nitrogens with zero attached hydrogens (tertiary/aromatic N) is 3. The van der Waals surface area contributed by atoms with Crippen molar-refractivity contribution < 1.29 is 9.47 Å². The third-order valence-corrected chi connectivity index (χ3v) is 4.07. The van der Waals surface area contributed by atoms with E-state index in [-0.39, 0.29) is 0 Å². The van der Waals surface area contributed by atoms with Crippen LogP contribution in [0.1, 0.15) is 6.92 Å². The van der Waals surface area contributed by atoms with Crippen molar-refractivity contribution in [2.75, 3.05) is 13.2 Å². The van der Waals surface area contributed by atoms with E-state index in [1.165, 1.54) is 0 Å². The second-order valence-electron chi connectivity index (χ2n) is 5.70. The number of imidazole rings is 1. The Kier molecular flexibility index (Phi) is 4.21. The van der Waals surface area contributed by atoms with Gasteiger partial charge in [0.25, 0.3) is 0 Å². The normalized spacial score (nSPS) is 11.1. The highest BCUT2D eigenvalue weighted by Gasteiger charge is 2.09. The van der Waals surface area contributed by atoms with Crippen LogP contribution in [0.5, 0.6) is 11.5 Å². The van der Waals surface area contributed by atoms with E-state index in [1.54, 1.807) is 0 Å². The van der Waals surface area contributed by atoms with Gasteiger partial charge in [-0.3, -0.25) is 4.98 Å². The van der Waals surface area contributed by atoms with E-state index in [9.17, 15) is 0 Å². The molecule has 0 aliphatic rings. The van der Waals surface area contributed by atoms with Crippen LogP contribution >= 0.6 is 0 Å². The van der Waals surface area contributed by atoms with Crippen LogP contribution in [0, 0.1) is 0 Å². The number of pyridine rings is 1. The molecule has 0 atom stereocenters. The fourth-order valence-corrected chi connectivity index (χ4v) is 2.94. The summed E-state index contributed by atoms with van der Waals surface area (Å²) in [7, 11) is 0. The molecular formula is C20H19N3O2. The monoisotopic (exact) mass is 333 g/mol. The van der Waals surface area contributed by atoms with Crippen LogP contribution in [0.15, 0.2) is 61.1 Å². The van der Waals surface area contributed by atoms with E-state index >= 15 is 0 Å². The minimum absolute atomic E-state index is 0.580. The summed E-state index contributed by atoms with van der Waals surface area (Å²) in [5, 5.41) is 1.07. The van der Waals surface area contributed by atoms with Crippen molar-refractivity contribution in [2.45, 2.75) is 13.5 Å². The Morgan fingerprint density at radius 2 is 1.80 bits per heavy atom. The molecule has 0 aliphatic carbocycles. The second kappa shape index (κ2) is 6.81. The summed E-state index contributed by atoms with van der Waals surface area (Å²) >= 11 is 0. The molecule has 0 fully saturated rings. The Hall–Kier alpha value is -3.08. The van der Waals surface area contributed by atoms with Crippen LogP contribution < -0.4 is 9.47 Å². The largest absolute Gasteiger partial charge is 0.494 e. The van der Waals surface area contributed by atoms with E-state index in [1.807, 2.05) is 68.0 Å². The Balaban J connectivity index is 1.62. The van der Waals surface area contributed by atoms with Gasteiger partial charge < -0.3 is 14.0 Å². The predicted molar refractivity (Wildman–Crippen MR) is 98.1 cm³/mol. The highest BCUT2D eigenvalue weighted by Crippen LogP contribution is 2.26. The summed E-state index contributed by atoms with van der Waals surface area (Å²) in [6.07, 6.45) is 3.65. The molecule has 0 saturated carbocycles. The van der Waals surface area contributed by atoms with E-state index in [0.29, 0.717) is 13.2 Å². The lowest BCUT2D eigenvalue weighted by Crippen LogP contribution is -2.07. The molecule has 0 radical (unpaired) electrons. The van der Waals surface area contributed by atoms with Crippen LogP contribution in [0.25, 0.3) is 21.9 Å². The van der Waals surface area contributed by atoms with Gasteiger partial charge in [-0.25, -0.2) is 4.98 Å². The highest BCUT2D eigenvalue weighted by atomic mass is 16.5. The molecule has 4 aromatic rings. The third kappa shape index (κ3) is 3.13. The van der Waals surface area contributed by atoms with Crippen molar-refractivity contribution in [2.24, 2.45) is 0 Å². The Morgan fingerprint density at radius 1 is 0.920 bits per heavy atom. The molecule has 0 spiro atoms. The maximum Gasteiger partial charge on any atom is 0.121 e. The maximum absolute atomic E-state index is 5.81. The van der Waals surface area contributed by atoms with Gasteiger partial charge in [-0.1, -0.05) is 18.2 Å². The number of benzene rings is 2. The van der Waals surface area contributed by atoms with Crippen LogP contribution in [0.4, 0.5) is 0 Å². The molecule has 0 aliphatic heterocycles. The van der Waals surface area contributed by atoms with E-state index in [2.05, 4.69) is 14.5 Å². The molecule has 25 heavy (non-hydrogen) atoms. The summed E-state index contributed by atoms with van der Waals surface area (Å²) in [5.74, 6) is 1.71. The number of fused-ring (bicyclic) bond motifs is 3. The Labute approximate surface area is 145 Å². The standard InChI is InChI=1S/C20H19N3O2/c1-2-24-16-8-9-17-18(12-16)21-13-19-20(17)23(14-22-19)10-11-25-15-6-4-3-5-7-15/h3-9,12-14H,2,10-11H2,1H3. The quantitative estimate of drug-likeness (QED) is 0.534. The van der Waals surface area contributed by atoms with Crippen molar-refractivity contribution in [1.29, 1.82) is 0 Å². The number of hydrogen-bond donors (Lipinski definition) is 0. The Bertz CT molecular complexity index is 996. The van der Waals surface area contributed by atoms with E-state index < -0.39 is 0 Å². The first-order chi connectivity index (χ1) is 12.3. The van der Waals surface area contributed by atoms with Gasteiger partial charge >= 0.3 is 0 Å². The minimum atomic E-state index is 0.580. The predicted octanol–water partition coefficient (Wildman–Crippen LogP) is 4.06. The number of rotatable bonds is 6. The zero-order valence-electron chi connectivity index (χ0n) is 14.1. The molecule has 2 aromatic heterocycles. The first-order valence-electron chi connectivity index (χ1n) is 8.39. The lowest BCUT2D eigenvalue weighted by molar-refractivity contribution is 0.300. The highest BCUT2D eigenvalue weighted by molar-refractivity contribution is 6.02. The number of ether oxygens (including phenoxy) is 2. The van der Waals surface area contributed by atoms with Crippen molar-refractivity contribution in [3.05, 3.63) is 61.1 Å². The fraction of sp³-hybridized carbons (Fsp3) is 0.200. The van der Waals surface area contributed by atoms with Crippen LogP contribution in [-0.4, -0.2) is 27.7 Å². The van der Waals surface area contributed by atoms with Crippen LogP contribution in [-0.2, 0) is 6.54 Å². The average Bonchev–Trinajstić information content (AvgIpc) is 3.06. The maximum atomic E-state index is 5.81. The van der Waals surface area contributed by atoms with Gasteiger partial charge in [-0.05, 0) is 31.2 Å². The van der Waals surface area contributed by atoms with Gasteiger partial charge in [-0.15, -0.1) is 0 Å². The molecule has 0 N–H and O–H groups in total. The summed E-state index contributed by atoms with van der Waals surface area (Å²) in [6.45, 7) is 3.92. The van der Waals surface area contributed by atoms with Gasteiger partial charge in [0.1, 0.15) is 23.6 Å². The fourth-order valence-electron chi connectivity index (χ4n) is 2.94. The van der Waals surface area contributed by atoms with E-state index in [4.69, 9.17) is 9.47 Å². The third-order valence-electron chi connectivity index (χ3n) is 4.07. The lowest BCUT2D eigenvalue weighted by atomic mass is 10.2. The number of para-hydroxylation sites is 1. The zero-order valence-corrected chi connectivity index (χ0v) is 14.1. The number of hydrogen-bond acceptors (Lipinski definition) is 4. The average molecular weight is 333 g/mol. The van der Waals surface area contributed by atoms with Crippen molar-refractivity contribution in [3.8, 4) is 11.5 Å². The van der Waals surface area contributed by atoms with Crippen molar-refractivity contribution in [1.82, 2.24) is 14.5 Å². The second-order valence-corrected chi connectivity index (χ2v) is 5.70. The molecule has 4 rings (SSSR count). The van der Waals surface area contributed by atoms with Crippen LogP contribution in [0.2, 0.25) is 0 Å². The van der Waals surface area contributed by atoms with Crippen molar-refractivity contribution in [3.63, 3.8) is 0 Å². The minimum Gasteiger partial charge on any atom is -0.494 e. The molecular weight excluding hydrogens is 314 g/mol. The first kappa shape index (κ1) is 15.4. The van der Waals surface area contributed by atoms with Gasteiger partial charge in [0.05, 0.1) is 36.7 Å². The molecule has 5 nitrogen and oxygen atoms in total. The van der Waals surface area contributed by atoms with Crippen LogP contribution in [0.3, 0.4) is 0 Å². The summed E-state index contributed by atoms with van der Waals surface area (Å²) < 4.78 is 13.5. The molecule has 5 heteroatoms. The molecule has 2 aromatic carbocycles. The topological polar surface area (TPSA) is 49.2 Å². The Morgan fingerprint density at radius 3 is 2.64 bits per heavy atom. The SMILES string of the molecule is CCOc1ccc2c(c1)ncc1ncn(CCOc3ccccc3)c12. The van der Waals surface area contributed by atoms with Gasteiger partial charge in [0, 0.05) is 11.5 Å². The summed E-state index contributed by atoms with van der Waals surface area (Å²) in [5.41, 5.74) is 2.87. The molecule has 2 heterocycles. The molecule has 126 valence electrons. The van der Waals surface area contributed by atoms with Gasteiger partial charge in [-0.2, -0.15) is 0 Å². The van der Waals surface area contributed by atoms with Gasteiger partial charge in [0.15, 0.2) is 0 Å². The smallest absolute Gasteiger partial charge is 0.121 e. The van der Waals surface area contributed by atoms with E-state index in [0.717, 1.165) is 40.0 Å². The molecule has 0 amide bonds. The molecule has 0 bridgehead atoms. The summed E-state index contributed by atoms with van der Waals surface area (Å²) in [6, 6.07) is 15.8. The molecule has 0 unspecified atom stereocenters. The zero-order chi connectivity index (χ0) is 17.1. The molecule has 0 saturated heterocycles.